The Morgan fingerprint density at radius 2 is 2.24 bits per heavy atom. The number of ether oxygens (including phenoxy) is 1. The zero-order valence-corrected chi connectivity index (χ0v) is 12.4. The van der Waals surface area contributed by atoms with Crippen molar-refractivity contribution in [2.24, 2.45) is 11.7 Å². The number of hydrogen-bond acceptors (Lipinski definition) is 4. The van der Waals surface area contributed by atoms with E-state index in [4.69, 9.17) is 10.5 Å². The van der Waals surface area contributed by atoms with Crippen molar-refractivity contribution in [1.29, 1.82) is 0 Å². The number of aromatic nitrogens is 2. The first-order valence-corrected chi connectivity index (χ1v) is 7.87. The lowest BCUT2D eigenvalue weighted by atomic mass is 9.92. The van der Waals surface area contributed by atoms with Crippen LogP contribution in [-0.2, 0) is 4.74 Å². The van der Waals surface area contributed by atoms with Crippen LogP contribution in [0, 0.1) is 5.92 Å². The summed E-state index contributed by atoms with van der Waals surface area (Å²) < 4.78 is 5.43. The average molecular weight is 292 g/mol. The van der Waals surface area contributed by atoms with Crippen molar-refractivity contribution in [1.82, 2.24) is 15.1 Å². The molecule has 6 heteroatoms. The molecule has 1 amide bonds. The van der Waals surface area contributed by atoms with E-state index in [1.54, 1.807) is 0 Å². The molecule has 0 aromatic carbocycles. The highest BCUT2D eigenvalue weighted by atomic mass is 16.5. The molecule has 1 atom stereocenters. The molecule has 3 rings (SSSR count). The van der Waals surface area contributed by atoms with Crippen molar-refractivity contribution in [3.05, 3.63) is 17.5 Å². The number of nitrogens with zero attached hydrogens (tertiary/aromatic N) is 2. The van der Waals surface area contributed by atoms with Crippen LogP contribution < -0.4 is 5.73 Å². The highest BCUT2D eigenvalue weighted by Gasteiger charge is 2.26. The van der Waals surface area contributed by atoms with Crippen LogP contribution in [-0.4, -0.2) is 53.9 Å². The van der Waals surface area contributed by atoms with Crippen molar-refractivity contribution in [3.63, 3.8) is 0 Å². The second kappa shape index (κ2) is 6.58. The van der Waals surface area contributed by atoms with Crippen LogP contribution in [0.1, 0.15) is 47.8 Å². The molecule has 116 valence electrons. The van der Waals surface area contributed by atoms with Crippen LogP contribution in [0.3, 0.4) is 0 Å². The molecule has 0 saturated carbocycles. The van der Waals surface area contributed by atoms with E-state index in [2.05, 4.69) is 15.1 Å². The number of primary amides is 1. The number of H-pyrrole nitrogens is 1. The number of nitrogens with two attached hydrogens (primary N) is 1. The molecule has 0 radical (unpaired) electrons. The van der Waals surface area contributed by atoms with Gasteiger partial charge >= 0.3 is 0 Å². The number of hydrogen-bond donors (Lipinski definition) is 2. The van der Waals surface area contributed by atoms with Gasteiger partial charge in [-0.1, -0.05) is 0 Å². The Kier molecular flexibility index (Phi) is 4.55. The quantitative estimate of drug-likeness (QED) is 0.871. The van der Waals surface area contributed by atoms with Crippen LogP contribution >= 0.6 is 0 Å². The van der Waals surface area contributed by atoms with Gasteiger partial charge in [-0.05, 0) is 44.2 Å². The molecule has 2 fully saturated rings. The first-order valence-electron chi connectivity index (χ1n) is 7.87. The van der Waals surface area contributed by atoms with Gasteiger partial charge in [0.05, 0.1) is 0 Å². The number of aromatic amines is 1. The van der Waals surface area contributed by atoms with Gasteiger partial charge in [0, 0.05) is 37.9 Å². The lowest BCUT2D eigenvalue weighted by Gasteiger charge is -2.35. The standard InChI is InChI=1S/C15H24N4O2/c16-15(20)14-8-13(17-18-14)12-2-1-5-19(10-12)9-11-3-6-21-7-4-11/h8,11-12H,1-7,9-10H2,(H2,16,20)(H,17,18). The van der Waals surface area contributed by atoms with E-state index in [0.717, 1.165) is 44.3 Å². The number of likely N-dealkylation sites (tertiary alicyclic amines) is 1. The van der Waals surface area contributed by atoms with E-state index >= 15 is 0 Å². The van der Waals surface area contributed by atoms with Crippen molar-refractivity contribution >= 4 is 5.91 Å². The first-order chi connectivity index (χ1) is 10.2. The van der Waals surface area contributed by atoms with Gasteiger partial charge in [-0.3, -0.25) is 9.89 Å². The van der Waals surface area contributed by atoms with Crippen molar-refractivity contribution in [2.75, 3.05) is 32.8 Å². The third-order valence-electron chi connectivity index (χ3n) is 4.65. The van der Waals surface area contributed by atoms with E-state index < -0.39 is 5.91 Å². The second-order valence-electron chi connectivity index (χ2n) is 6.23. The fraction of sp³-hybridized carbons (Fsp3) is 0.733. The minimum absolute atomic E-state index is 0.339. The maximum Gasteiger partial charge on any atom is 0.269 e. The highest BCUT2D eigenvalue weighted by molar-refractivity contribution is 5.90. The topological polar surface area (TPSA) is 84.2 Å². The minimum atomic E-state index is -0.465. The van der Waals surface area contributed by atoms with E-state index in [-0.39, 0.29) is 0 Å². The fourth-order valence-electron chi connectivity index (χ4n) is 3.44. The van der Waals surface area contributed by atoms with Crippen LogP contribution in [0.15, 0.2) is 6.07 Å². The van der Waals surface area contributed by atoms with Crippen LogP contribution in [0.2, 0.25) is 0 Å². The van der Waals surface area contributed by atoms with Gasteiger partial charge in [-0.2, -0.15) is 5.10 Å². The van der Waals surface area contributed by atoms with Crippen molar-refractivity contribution in [3.8, 4) is 0 Å². The summed E-state index contributed by atoms with van der Waals surface area (Å²) in [4.78, 5) is 13.7. The zero-order chi connectivity index (χ0) is 14.7. The third kappa shape index (κ3) is 3.63. The molecule has 6 nitrogen and oxygen atoms in total. The van der Waals surface area contributed by atoms with E-state index in [1.165, 1.54) is 25.8 Å². The molecule has 1 aromatic rings. The van der Waals surface area contributed by atoms with Crippen LogP contribution in [0.5, 0.6) is 0 Å². The summed E-state index contributed by atoms with van der Waals surface area (Å²) in [6, 6.07) is 1.81. The van der Waals surface area contributed by atoms with Gasteiger partial charge < -0.3 is 15.4 Å². The van der Waals surface area contributed by atoms with Gasteiger partial charge in [0.1, 0.15) is 5.69 Å². The first kappa shape index (κ1) is 14.5. The summed E-state index contributed by atoms with van der Waals surface area (Å²) in [6.45, 7) is 5.19. The van der Waals surface area contributed by atoms with Gasteiger partial charge in [0.25, 0.3) is 5.91 Å². The fourth-order valence-corrected chi connectivity index (χ4v) is 3.44. The smallest absolute Gasteiger partial charge is 0.269 e. The molecule has 0 spiro atoms. The van der Waals surface area contributed by atoms with Crippen LogP contribution in [0.25, 0.3) is 0 Å². The van der Waals surface area contributed by atoms with Gasteiger partial charge in [0.2, 0.25) is 0 Å². The Morgan fingerprint density at radius 3 is 2.95 bits per heavy atom. The molecule has 2 aliphatic rings. The second-order valence-corrected chi connectivity index (χ2v) is 6.23. The Labute approximate surface area is 125 Å². The predicted molar refractivity (Wildman–Crippen MR) is 79.1 cm³/mol. The zero-order valence-electron chi connectivity index (χ0n) is 12.4. The van der Waals surface area contributed by atoms with E-state index in [0.29, 0.717) is 11.6 Å². The summed E-state index contributed by atoms with van der Waals surface area (Å²) in [7, 11) is 0. The normalized spacial score (nSPS) is 25.0. The summed E-state index contributed by atoms with van der Waals surface area (Å²) in [5, 5.41) is 6.98. The molecule has 0 aliphatic carbocycles. The molecule has 1 unspecified atom stereocenters. The highest BCUT2D eigenvalue weighted by Crippen LogP contribution is 2.27. The monoisotopic (exact) mass is 292 g/mol. The Bertz CT molecular complexity index is 482. The largest absolute Gasteiger partial charge is 0.381 e. The maximum atomic E-state index is 11.1. The van der Waals surface area contributed by atoms with Crippen molar-refractivity contribution < 1.29 is 9.53 Å². The summed E-state index contributed by atoms with van der Waals surface area (Å²) >= 11 is 0. The molecule has 1 aromatic heterocycles. The minimum Gasteiger partial charge on any atom is -0.381 e. The summed E-state index contributed by atoms with van der Waals surface area (Å²) in [5.74, 6) is 0.729. The molecule has 21 heavy (non-hydrogen) atoms. The molecule has 2 aliphatic heterocycles. The van der Waals surface area contributed by atoms with E-state index in [9.17, 15) is 4.79 Å². The lowest BCUT2D eigenvalue weighted by Crippen LogP contribution is -2.39. The predicted octanol–water partition coefficient (Wildman–Crippen LogP) is 1.11. The Hall–Kier alpha value is -1.40. The van der Waals surface area contributed by atoms with Crippen LogP contribution in [0.4, 0.5) is 0 Å². The molecule has 2 saturated heterocycles. The summed E-state index contributed by atoms with van der Waals surface area (Å²) in [6.07, 6.45) is 4.69. The van der Waals surface area contributed by atoms with E-state index in [1.807, 2.05) is 6.07 Å². The maximum absolute atomic E-state index is 11.1. The van der Waals surface area contributed by atoms with Gasteiger partial charge in [0.15, 0.2) is 0 Å². The molecule has 0 bridgehead atoms. The SMILES string of the molecule is NC(=O)c1cc(C2CCCN(CC3CCOCC3)C2)[nH]n1. The average Bonchev–Trinajstić information content (AvgIpc) is 2.99. The third-order valence-corrected chi connectivity index (χ3v) is 4.65. The molecule has 3 N–H and O–H groups in total. The Morgan fingerprint density at radius 1 is 1.43 bits per heavy atom. The molecule has 3 heterocycles. The van der Waals surface area contributed by atoms with Gasteiger partial charge in [-0.15, -0.1) is 0 Å². The molecular formula is C15H24N4O2. The van der Waals surface area contributed by atoms with Crippen molar-refractivity contribution in [2.45, 2.75) is 31.6 Å². The lowest BCUT2D eigenvalue weighted by molar-refractivity contribution is 0.0482. The molecular weight excluding hydrogens is 268 g/mol. The number of piperidine rings is 1. The number of rotatable bonds is 4. The van der Waals surface area contributed by atoms with Gasteiger partial charge in [-0.25, -0.2) is 0 Å². The number of amides is 1. The number of carbonyl (C=O) groups is 1. The Balaban J connectivity index is 1.58. The number of nitrogens with one attached hydrogen (secondary N) is 1. The number of carbonyl (C=O) groups excluding carboxylic acids is 1. The summed E-state index contributed by atoms with van der Waals surface area (Å²) in [5.41, 5.74) is 6.65.